The van der Waals surface area contributed by atoms with Gasteiger partial charge in [-0.2, -0.15) is 70.6 Å². The number of hydrogen-bond acceptors (Lipinski definition) is 25. The molecule has 8 aliphatic carbocycles. The number of fused-ring (bicyclic) bond motifs is 8. The van der Waals surface area contributed by atoms with E-state index >= 15 is 0 Å². The molecule has 5 aromatic carbocycles. The zero-order chi connectivity index (χ0) is 105. The van der Waals surface area contributed by atoms with Gasteiger partial charge in [0.15, 0.2) is 31.2 Å². The summed E-state index contributed by atoms with van der Waals surface area (Å²) in [5, 5.41) is 61.0. The van der Waals surface area contributed by atoms with Crippen molar-refractivity contribution in [2.45, 2.75) is 315 Å². The SMILES string of the molecule is CC(C)c1cc(F)cc(C(C)C)c1NC(=O)NS(=O)(=O)c1ccn(C[C@@H](C)O)n1.C[C@@H](O)Cn1cnc(S(=O)(=O)NC(=O)Nc2c3c(cc4c2CCC4)CCC3)c1.C[C@H](O)Cn1cnc(S(=O)(=O)NC(=O)Nc2c3c(cc4c2CCC4)CCC3)c1.O=C(Nc1c2c(cc3c1CCC3)CCC2)NS(=O)(=O)c1ccn(C2CCOCC2)n1.O=C(Nc1c2c(cc3c1CCC3)CCC2)NS(=O)(=O)c1ccn(CC(O)C(F)(F)F)n1. The molecule has 146 heavy (non-hydrogen) atoms. The molecule has 40 nitrogen and oxygen atoms in total. The fourth-order valence-electron chi connectivity index (χ4n) is 20.3. The number of aromatic nitrogens is 10. The second-order valence-corrected chi connectivity index (χ2v) is 46.8. The molecule has 0 radical (unpaired) electrons. The molecular formula is C97H122F4N20O20S5. The number of amides is 10. The largest absolute Gasteiger partial charge is 0.416 e. The van der Waals surface area contributed by atoms with E-state index in [0.717, 1.165) is 241 Å². The van der Waals surface area contributed by atoms with Crippen molar-refractivity contribution in [2.24, 2.45) is 0 Å². The Morgan fingerprint density at radius 1 is 0.370 bits per heavy atom. The minimum Gasteiger partial charge on any atom is -0.392 e. The number of halogens is 4. The number of benzene rings is 5. The van der Waals surface area contributed by atoms with Crippen molar-refractivity contribution in [1.82, 2.24) is 72.1 Å². The monoisotopic (exact) mass is 2120 g/mol. The summed E-state index contributed by atoms with van der Waals surface area (Å²) in [5.74, 6) is -0.600. The van der Waals surface area contributed by atoms with Crippen LogP contribution in [0, 0.1) is 5.82 Å². The van der Waals surface area contributed by atoms with Crippen LogP contribution < -0.4 is 50.2 Å². The third kappa shape index (κ3) is 26.1. The molecule has 19 rings (SSSR count). The van der Waals surface area contributed by atoms with E-state index in [4.69, 9.17) is 9.84 Å². The van der Waals surface area contributed by atoms with Crippen molar-refractivity contribution in [3.8, 4) is 0 Å². The molecule has 10 amide bonds. The molecule has 0 bridgehead atoms. The van der Waals surface area contributed by atoms with Crippen LogP contribution >= 0.6 is 0 Å². The highest BCUT2D eigenvalue weighted by Gasteiger charge is 2.40. The van der Waals surface area contributed by atoms with E-state index in [1.165, 1.54) is 114 Å². The number of aliphatic hydroxyl groups is 4. The quantitative estimate of drug-likeness (QED) is 0.0224. The first kappa shape index (κ1) is 108. The Kier molecular flexibility index (Phi) is 33.5. The van der Waals surface area contributed by atoms with Gasteiger partial charge in [0, 0.05) is 85.7 Å². The lowest BCUT2D eigenvalue weighted by atomic mass is 9.92. The molecule has 0 spiro atoms. The molecule has 9 aliphatic rings. The Morgan fingerprint density at radius 3 is 0.918 bits per heavy atom. The molecule has 788 valence electrons. The first-order valence-corrected chi connectivity index (χ1v) is 56.2. The van der Waals surface area contributed by atoms with Gasteiger partial charge in [0.2, 0.25) is 0 Å². The summed E-state index contributed by atoms with van der Waals surface area (Å²) in [6, 6.07) is 11.1. The predicted octanol–water partition coefficient (Wildman–Crippen LogP) is 11.7. The number of hydrogen-bond donors (Lipinski definition) is 14. The zero-order valence-electron chi connectivity index (χ0n) is 81.8. The van der Waals surface area contributed by atoms with Crippen molar-refractivity contribution < 1.29 is 109 Å². The Bertz CT molecular complexity index is 6890. The second-order valence-electron chi connectivity index (χ2n) is 38.7. The van der Waals surface area contributed by atoms with Gasteiger partial charge in [-0.3, -0.25) is 14.0 Å². The number of imidazole rings is 2. The number of nitrogens with zero attached hydrogens (tertiary/aromatic N) is 10. The summed E-state index contributed by atoms with van der Waals surface area (Å²) in [5.41, 5.74) is 23.4. The highest BCUT2D eigenvalue weighted by molar-refractivity contribution is 7.91. The second kappa shape index (κ2) is 45.2. The van der Waals surface area contributed by atoms with E-state index in [0.29, 0.717) is 40.4 Å². The van der Waals surface area contributed by atoms with Gasteiger partial charge in [-0.1, -0.05) is 52.0 Å². The normalized spacial score (nSPS) is 16.3. The van der Waals surface area contributed by atoms with Gasteiger partial charge in [-0.05, 0) is 330 Å². The van der Waals surface area contributed by atoms with Crippen LogP contribution in [0.1, 0.15) is 231 Å². The highest BCUT2D eigenvalue weighted by Crippen LogP contribution is 2.44. The number of nitrogens with one attached hydrogen (secondary N) is 10. The Labute approximate surface area is 843 Å². The molecule has 6 heterocycles. The number of alkyl halides is 3. The topological polar surface area (TPSA) is 556 Å². The number of anilines is 5. The summed E-state index contributed by atoms with van der Waals surface area (Å²) in [6.45, 7) is 13.0. The summed E-state index contributed by atoms with van der Waals surface area (Å²) in [4.78, 5) is 70.3. The third-order valence-electron chi connectivity index (χ3n) is 26.7. The Hall–Kier alpha value is -12.2. The van der Waals surface area contributed by atoms with E-state index in [2.05, 4.69) is 90.3 Å². The number of sulfonamides is 5. The fourth-order valence-corrected chi connectivity index (χ4v) is 24.5. The van der Waals surface area contributed by atoms with Crippen molar-refractivity contribution in [1.29, 1.82) is 0 Å². The number of carbonyl (C=O) groups excluding carboxylic acids is 5. The van der Waals surface area contributed by atoms with Crippen LogP contribution in [0.25, 0.3) is 0 Å². The number of urea groups is 5. The molecule has 5 aromatic heterocycles. The summed E-state index contributed by atoms with van der Waals surface area (Å²) in [7, 11) is -20.9. The van der Waals surface area contributed by atoms with Gasteiger partial charge in [-0.15, -0.1) is 0 Å². The predicted molar refractivity (Wildman–Crippen MR) is 531 cm³/mol. The molecule has 1 aliphatic heterocycles. The molecule has 1 unspecified atom stereocenters. The summed E-state index contributed by atoms with van der Waals surface area (Å²) < 4.78 is 199. The maximum absolute atomic E-state index is 14.0. The molecule has 10 aromatic rings. The minimum atomic E-state index is -4.86. The maximum atomic E-state index is 14.0. The third-order valence-corrected chi connectivity index (χ3v) is 32.8. The molecule has 1 fully saturated rings. The van der Waals surface area contributed by atoms with Crippen LogP contribution in [-0.4, -0.2) is 185 Å². The Balaban J connectivity index is 0.000000137. The van der Waals surface area contributed by atoms with E-state index in [-0.39, 0.29) is 57.6 Å². The first-order chi connectivity index (χ1) is 69.1. The van der Waals surface area contributed by atoms with Crippen LogP contribution in [0.4, 0.5) is 70.0 Å². The van der Waals surface area contributed by atoms with E-state index in [1.807, 2.05) is 37.1 Å². The van der Waals surface area contributed by atoms with Crippen molar-refractivity contribution in [3.63, 3.8) is 0 Å². The van der Waals surface area contributed by atoms with E-state index in [9.17, 15) is 98.9 Å². The number of aryl methyl sites for hydroxylation is 8. The van der Waals surface area contributed by atoms with E-state index < -0.39 is 128 Å². The van der Waals surface area contributed by atoms with Gasteiger partial charge >= 0.3 is 36.3 Å². The molecule has 4 atom stereocenters. The van der Waals surface area contributed by atoms with Gasteiger partial charge in [0.05, 0.1) is 50.1 Å². The number of carbonyl (C=O) groups is 5. The number of aliphatic hydroxyl groups excluding tert-OH is 4. The van der Waals surface area contributed by atoms with Crippen LogP contribution in [-0.2, 0) is 184 Å². The highest BCUT2D eigenvalue weighted by atomic mass is 32.2. The Morgan fingerprint density at radius 2 is 0.637 bits per heavy atom. The molecule has 1 saturated heterocycles. The number of rotatable bonds is 26. The van der Waals surface area contributed by atoms with Gasteiger partial charge < -0.3 is 60.9 Å². The maximum Gasteiger partial charge on any atom is 0.416 e. The smallest absolute Gasteiger partial charge is 0.392 e. The lowest BCUT2D eigenvalue weighted by molar-refractivity contribution is -0.208. The van der Waals surface area contributed by atoms with Crippen molar-refractivity contribution >= 4 is 109 Å². The standard InChI is InChI=1S/C21H26N4O4S.C19H21F3N4O4S.C19H27FN4O4S.2C19H24N4O4S/c26-21(22-20-17-5-1-3-14(17)13-15-4-2-6-18(15)20)24-30(27,28)19-7-10-25(23-19)16-8-11-29-12-9-16;20-19(21,22)15(27)10-26-8-7-16(24-26)31(29,30)25-18(28)23-17-13-5-1-3-11(13)9-12-4-2-6-14(12)17;1-11(2)15-8-14(20)9-16(12(3)4)18(15)21-19(26)23-29(27,28)17-6-7-24(22-17)10-13(5)25;2*1-12(24)9-23-10-17(20-11-23)28(26,27)22-19(25)21-18-15-6-2-4-13(15)8-14-5-3-7-16(14)18/h7,10,13,16H,1-6,8-9,11-12H2,(H2,22,24,26);7-9,15,27H,1-6,10H2,(H2,23,25,28);6-9,11-13,25H,10H2,1-5H3,(H2,21,23,26);2*8,10-12,24H,2-7,9H2,1H3,(H2,21,22,25)/t;;13-;2*12-/m..110/s1. The minimum absolute atomic E-state index is 0.0914. The van der Waals surface area contributed by atoms with Crippen LogP contribution in [0.15, 0.2) is 123 Å². The van der Waals surface area contributed by atoms with Crippen LogP contribution in [0.3, 0.4) is 0 Å². The van der Waals surface area contributed by atoms with Gasteiger partial charge in [-0.25, -0.2) is 61.9 Å². The van der Waals surface area contributed by atoms with Crippen molar-refractivity contribution in [2.75, 3.05) is 39.8 Å². The summed E-state index contributed by atoms with van der Waals surface area (Å²) in [6.07, 6.45) is 24.4. The fraction of sp³-hybridized carbons (Fsp3) is 0.485. The molecule has 14 N–H and O–H groups in total. The lowest BCUT2D eigenvalue weighted by Crippen LogP contribution is -2.35. The summed E-state index contributed by atoms with van der Waals surface area (Å²) >= 11 is 0. The van der Waals surface area contributed by atoms with Gasteiger partial charge in [0.1, 0.15) is 5.82 Å². The lowest BCUT2D eigenvalue weighted by Gasteiger charge is -2.22. The van der Waals surface area contributed by atoms with Gasteiger partial charge in [0.25, 0.3) is 50.1 Å². The molecular weight excluding hydrogens is 2000 g/mol. The average Bonchev–Trinajstić information content (AvgIpc) is 1.63. The molecule has 0 saturated carbocycles. The number of ether oxygens (including phenoxy) is 1. The molecule has 49 heteroatoms. The van der Waals surface area contributed by atoms with E-state index in [1.54, 1.807) is 31.6 Å². The van der Waals surface area contributed by atoms with Crippen molar-refractivity contribution in [3.05, 3.63) is 204 Å². The van der Waals surface area contributed by atoms with Crippen LogP contribution in [0.5, 0.6) is 0 Å². The zero-order valence-corrected chi connectivity index (χ0v) is 85.8. The first-order valence-electron chi connectivity index (χ1n) is 48.8. The average molecular weight is 2120 g/mol. The van der Waals surface area contributed by atoms with Crippen LogP contribution in [0.2, 0.25) is 0 Å².